The third kappa shape index (κ3) is 24.0. The van der Waals surface area contributed by atoms with E-state index >= 15 is 0 Å². The average Bonchev–Trinajstić information content (AvgIpc) is 1.53. The fraction of sp³-hybridized carbons (Fsp3) is 0.571. The van der Waals surface area contributed by atoms with Crippen molar-refractivity contribution in [3.63, 3.8) is 0 Å². The van der Waals surface area contributed by atoms with Crippen molar-refractivity contribution in [3.05, 3.63) is 130 Å². The number of hydrogen-bond acceptors (Lipinski definition) is 16. The van der Waals surface area contributed by atoms with Crippen LogP contribution in [0.15, 0.2) is 99.0 Å². The number of unbranched alkanes of at least 4 members (excludes halogenated alkanes) is 36. The summed E-state index contributed by atoms with van der Waals surface area (Å²) in [5, 5.41) is 81.3. The van der Waals surface area contributed by atoms with Crippen LogP contribution in [0.2, 0.25) is 0 Å². The molecule has 0 atom stereocenters. The Hall–Kier alpha value is -7.05. The number of non-ortho nitro benzene ring substituents is 2. The maximum absolute atomic E-state index is 14.2. The number of pyridine rings is 2. The Bertz CT molecular complexity index is 4470. The summed E-state index contributed by atoms with van der Waals surface area (Å²) in [6.45, 7) is 12.3. The van der Waals surface area contributed by atoms with Gasteiger partial charge in [0.25, 0.3) is 22.5 Å². The van der Waals surface area contributed by atoms with Gasteiger partial charge in [0.2, 0.25) is 0 Å². The summed E-state index contributed by atoms with van der Waals surface area (Å²) in [7, 11) is -5.78. The quantitative estimate of drug-likeness (QED) is 0.00894. The topological polar surface area (TPSA) is 283 Å². The van der Waals surface area contributed by atoms with Crippen LogP contribution in [0.3, 0.4) is 0 Å². The van der Waals surface area contributed by atoms with E-state index in [1.165, 1.54) is 210 Å². The van der Waals surface area contributed by atoms with Gasteiger partial charge in [0.1, 0.15) is 11.3 Å². The Morgan fingerprint density at radius 3 is 0.972 bits per heavy atom. The minimum absolute atomic E-state index is 0.0410. The molecule has 0 aliphatic rings. The van der Waals surface area contributed by atoms with Crippen molar-refractivity contribution >= 4 is 142 Å². The van der Waals surface area contributed by atoms with Crippen LogP contribution in [0, 0.1) is 20.2 Å². The number of halogens is 1. The molecule has 0 fully saturated rings. The van der Waals surface area contributed by atoms with E-state index in [0.29, 0.717) is 54.7 Å². The van der Waals surface area contributed by atoms with E-state index in [1.807, 2.05) is 48.5 Å². The SMILES string of the molecule is CCCCCCCCCCCCN(CCCCCCCCCCCC)c1cc([N+](=O)[O-])c2nc3c4cccc5c(B(O)O)ccc(c(=O)n3c2c1)c54.CCCCCCCCCCCCN(CCCCCCCCCCCC)c1cc([N+](=O)[O-])c2nc3c4cccc5c(Br)ccc(c(=O)n3c2c1)c54.OB(O)B(O)O. The van der Waals surface area contributed by atoms with Crippen molar-refractivity contribution in [2.45, 2.75) is 285 Å². The second-order valence-electron chi connectivity index (χ2n) is 30.0. The molecule has 0 spiro atoms. The summed E-state index contributed by atoms with van der Waals surface area (Å²) in [5.41, 5.74) is 3.37. The second kappa shape index (κ2) is 45.9. The second-order valence-corrected chi connectivity index (χ2v) is 30.8. The molecule has 24 heteroatoms. The van der Waals surface area contributed by atoms with E-state index in [4.69, 9.17) is 30.1 Å². The highest BCUT2D eigenvalue weighted by molar-refractivity contribution is 9.10. The van der Waals surface area contributed by atoms with E-state index in [1.54, 1.807) is 40.8 Å². The molecule has 0 saturated carbocycles. The van der Waals surface area contributed by atoms with Crippen LogP contribution in [-0.2, 0) is 0 Å². The third-order valence-corrected chi connectivity index (χ3v) is 22.3. The van der Waals surface area contributed by atoms with Crippen LogP contribution in [-0.4, -0.2) is 106 Å². The zero-order valence-electron chi connectivity index (χ0n) is 65.0. The zero-order valence-corrected chi connectivity index (χ0v) is 66.6. The number of nitro benzene ring substituents is 2. The first kappa shape index (κ1) is 86.5. The lowest BCUT2D eigenvalue weighted by Crippen LogP contribution is -2.35. The molecule has 0 radical (unpaired) electrons. The van der Waals surface area contributed by atoms with E-state index in [0.717, 1.165) is 110 Å². The van der Waals surface area contributed by atoms with Gasteiger partial charge in [-0.1, -0.05) is 317 Å². The first-order valence-electron chi connectivity index (χ1n) is 41.3. The predicted molar refractivity (Wildman–Crippen MR) is 453 cm³/mol. The molecule has 108 heavy (non-hydrogen) atoms. The standard InChI is InChI=1S/C42H59BN4O5.C42H57BrN4O3.B2H4O4/c1-3-5-7-9-11-13-15-17-19-21-28-45(29-22-20-18-16-14-12-10-8-6-4-2)32-30-37-40(38(31-32)47(51)52)44-41-34-25-23-24-33-36(43(49)50)27-26-35(39(33)34)42(48)46(37)41;1-3-5-7-9-11-13-15-17-19-21-28-45(29-22-20-18-16-14-12-10-8-6-4-2)32-30-37-40(38(31-32)47(49)50)44-41-34-25-23-24-33-36(43)27-26-35(39(33)34)42(48)46(37)41;3-1(4)2(5)6/h23-27,30-31,49-50H,3-22,28-29H2,1-2H3;23-27,30-31H,3-22,28-29H2,1-2H3;3-6H. The van der Waals surface area contributed by atoms with Crippen molar-refractivity contribution in [1.29, 1.82) is 0 Å². The zero-order chi connectivity index (χ0) is 77.3. The lowest BCUT2D eigenvalue weighted by atomic mass is 9.50. The molecule has 0 bridgehead atoms. The summed E-state index contributed by atoms with van der Waals surface area (Å²) < 4.78 is 4.02. The van der Waals surface area contributed by atoms with Gasteiger partial charge in [-0.2, -0.15) is 0 Å². The Labute approximate surface area is 647 Å². The monoisotopic (exact) mass is 1540 g/mol. The van der Waals surface area contributed by atoms with Crippen LogP contribution < -0.4 is 26.4 Å². The molecule has 10 aromatic rings. The maximum Gasteiger partial charge on any atom is 0.489 e. The minimum Gasteiger partial charge on any atom is -0.429 e. The number of aromatic nitrogens is 4. The van der Waals surface area contributed by atoms with Gasteiger partial charge >= 0.3 is 21.1 Å². The molecule has 10 rings (SSSR count). The molecule has 4 heterocycles. The first-order chi connectivity index (χ1) is 52.5. The van der Waals surface area contributed by atoms with Gasteiger partial charge in [-0.05, 0) is 72.3 Å². The molecule has 0 unspecified atom stereocenters. The lowest BCUT2D eigenvalue weighted by Gasteiger charge is -2.25. The first-order valence-corrected chi connectivity index (χ1v) is 42.1. The highest BCUT2D eigenvalue weighted by Crippen LogP contribution is 2.39. The molecule has 6 N–H and O–H groups in total. The molecule has 4 aromatic heterocycles. The average molecular weight is 1550 g/mol. The summed E-state index contributed by atoms with van der Waals surface area (Å²) in [5.74, 6) is 0. The van der Waals surface area contributed by atoms with E-state index in [9.17, 15) is 39.9 Å². The van der Waals surface area contributed by atoms with E-state index < -0.39 is 21.1 Å². The molecule has 20 nitrogen and oxygen atoms in total. The number of nitrogens with zero attached hydrogens (tertiary/aromatic N) is 8. The number of imidazole rings is 2. The van der Waals surface area contributed by atoms with Crippen molar-refractivity contribution in [2.24, 2.45) is 0 Å². The van der Waals surface area contributed by atoms with E-state index in [-0.39, 0.29) is 43.4 Å². The number of rotatable bonds is 50. The number of nitro groups is 2. The number of fused-ring (bicyclic) bond motifs is 8. The van der Waals surface area contributed by atoms with Gasteiger partial charge < -0.3 is 39.9 Å². The van der Waals surface area contributed by atoms with Gasteiger partial charge in [0.15, 0.2) is 11.0 Å². The molecule has 0 aliphatic carbocycles. The smallest absolute Gasteiger partial charge is 0.429 e. The van der Waals surface area contributed by atoms with Crippen LogP contribution in [0.1, 0.15) is 285 Å². The van der Waals surface area contributed by atoms with Crippen LogP contribution in [0.25, 0.3) is 76.5 Å². The van der Waals surface area contributed by atoms with Crippen LogP contribution >= 0.6 is 15.9 Å². The highest BCUT2D eigenvalue weighted by atomic mass is 79.9. The van der Waals surface area contributed by atoms with Crippen molar-refractivity contribution in [3.8, 4) is 0 Å². The van der Waals surface area contributed by atoms with Crippen molar-refractivity contribution in [1.82, 2.24) is 18.8 Å². The van der Waals surface area contributed by atoms with Crippen LogP contribution in [0.4, 0.5) is 22.7 Å². The van der Waals surface area contributed by atoms with Crippen molar-refractivity contribution in [2.75, 3.05) is 36.0 Å². The lowest BCUT2D eigenvalue weighted by molar-refractivity contribution is -0.383. The fourth-order valence-electron chi connectivity index (χ4n) is 15.6. The molecule has 6 aromatic carbocycles. The number of hydrogen-bond donors (Lipinski definition) is 6. The van der Waals surface area contributed by atoms with Crippen molar-refractivity contribution < 1.29 is 40.0 Å². The molecule has 584 valence electrons. The molecule has 0 saturated heterocycles. The molecular formula is C84H120B3BrN8O12. The Kier molecular flexibility index (Phi) is 36.8. The Morgan fingerprint density at radius 1 is 0.380 bits per heavy atom. The summed E-state index contributed by atoms with van der Waals surface area (Å²) in [6, 6.07) is 25.4. The molecular weight excluding hydrogens is 1430 g/mol. The molecule has 0 aliphatic heterocycles. The highest BCUT2D eigenvalue weighted by Gasteiger charge is 2.29. The van der Waals surface area contributed by atoms with Gasteiger partial charge in [-0.3, -0.25) is 38.6 Å². The Morgan fingerprint density at radius 2 is 0.667 bits per heavy atom. The van der Waals surface area contributed by atoms with Gasteiger partial charge in [0, 0.05) is 86.5 Å². The number of anilines is 2. The van der Waals surface area contributed by atoms with Crippen LogP contribution in [0.5, 0.6) is 0 Å². The fourth-order valence-corrected chi connectivity index (χ4v) is 16.1. The summed E-state index contributed by atoms with van der Waals surface area (Å²) >= 11 is 3.63. The minimum atomic E-state index is -2.04. The number of benzene rings is 6. The van der Waals surface area contributed by atoms with E-state index in [2.05, 4.69) is 53.4 Å². The summed E-state index contributed by atoms with van der Waals surface area (Å²) in [6.07, 6.45) is 50.3. The third-order valence-electron chi connectivity index (χ3n) is 21.7. The summed E-state index contributed by atoms with van der Waals surface area (Å²) in [4.78, 5) is 66.9. The molecule has 0 amide bonds. The van der Waals surface area contributed by atoms with Gasteiger partial charge in [-0.15, -0.1) is 0 Å². The normalized spacial score (nSPS) is 11.7. The maximum atomic E-state index is 14.2. The predicted octanol–water partition coefficient (Wildman–Crippen LogP) is 19.7. The Balaban J connectivity index is 0.000000253. The van der Waals surface area contributed by atoms with Gasteiger partial charge in [-0.25, -0.2) is 9.97 Å². The largest absolute Gasteiger partial charge is 0.489 e. The van der Waals surface area contributed by atoms with Gasteiger partial charge in [0.05, 0.1) is 20.9 Å².